The van der Waals surface area contributed by atoms with Gasteiger partial charge >= 0.3 is 5.97 Å². The minimum absolute atomic E-state index is 0.154. The molecule has 0 unspecified atom stereocenters. The van der Waals surface area contributed by atoms with Gasteiger partial charge in [-0.05, 0) is 73.6 Å². The first-order valence-corrected chi connectivity index (χ1v) is 9.15. The summed E-state index contributed by atoms with van der Waals surface area (Å²) >= 11 is 0. The third-order valence-corrected chi connectivity index (χ3v) is 4.83. The van der Waals surface area contributed by atoms with Crippen LogP contribution in [0, 0.1) is 11.3 Å². The smallest absolute Gasteiger partial charge is 0.338 e. The number of nitriles is 1. The summed E-state index contributed by atoms with van der Waals surface area (Å²) in [6.45, 7) is 1.58. The van der Waals surface area contributed by atoms with Crippen molar-refractivity contribution >= 4 is 11.9 Å². The Labute approximate surface area is 159 Å². The van der Waals surface area contributed by atoms with Crippen LogP contribution in [0.25, 0.3) is 0 Å². The molecule has 0 bridgehead atoms. The molecule has 138 valence electrons. The van der Waals surface area contributed by atoms with E-state index in [0.717, 1.165) is 18.4 Å². The van der Waals surface area contributed by atoms with E-state index in [1.54, 1.807) is 0 Å². The molecular weight excluding hydrogens is 340 g/mol. The number of hydrogen-bond donors (Lipinski definition) is 1. The zero-order valence-electron chi connectivity index (χ0n) is 15.3. The van der Waals surface area contributed by atoms with Gasteiger partial charge in [0.05, 0.1) is 23.2 Å². The molecule has 1 amide bonds. The fraction of sp³-hybridized carbons (Fsp3) is 0.318. The Bertz CT molecular complexity index is 881. The van der Waals surface area contributed by atoms with Crippen molar-refractivity contribution in [3.8, 4) is 6.07 Å². The lowest BCUT2D eigenvalue weighted by atomic mass is 9.89. The predicted molar refractivity (Wildman–Crippen MR) is 101 cm³/mol. The highest BCUT2D eigenvalue weighted by Gasteiger charge is 2.15. The Kier molecular flexibility index (Phi) is 5.87. The lowest BCUT2D eigenvalue weighted by Crippen LogP contribution is -2.31. The lowest BCUT2D eigenvalue weighted by molar-refractivity contribution is -0.124. The van der Waals surface area contributed by atoms with E-state index in [4.69, 9.17) is 10.00 Å². The molecule has 1 N–H and O–H groups in total. The number of aryl methyl sites for hydroxylation is 2. The van der Waals surface area contributed by atoms with Gasteiger partial charge in [0.1, 0.15) is 0 Å². The third kappa shape index (κ3) is 4.73. The predicted octanol–water partition coefficient (Wildman–Crippen LogP) is 3.47. The summed E-state index contributed by atoms with van der Waals surface area (Å²) in [5.74, 6) is -0.932. The maximum absolute atomic E-state index is 12.1. The molecule has 0 radical (unpaired) electrons. The number of ether oxygens (including phenoxy) is 1. The van der Waals surface area contributed by atoms with E-state index in [-0.39, 0.29) is 18.6 Å². The summed E-state index contributed by atoms with van der Waals surface area (Å²) in [5, 5.41) is 11.6. The van der Waals surface area contributed by atoms with E-state index in [1.807, 2.05) is 13.0 Å². The van der Waals surface area contributed by atoms with Crippen LogP contribution in [0.4, 0.5) is 0 Å². The van der Waals surface area contributed by atoms with Gasteiger partial charge in [-0.1, -0.05) is 18.2 Å². The van der Waals surface area contributed by atoms with Crippen LogP contribution in [0.1, 0.15) is 58.4 Å². The van der Waals surface area contributed by atoms with Crippen molar-refractivity contribution in [2.75, 3.05) is 6.61 Å². The second-order valence-electron chi connectivity index (χ2n) is 6.79. The average molecular weight is 362 g/mol. The van der Waals surface area contributed by atoms with Gasteiger partial charge in [-0.25, -0.2) is 4.79 Å². The number of esters is 1. The molecule has 5 heteroatoms. The van der Waals surface area contributed by atoms with Crippen molar-refractivity contribution in [1.82, 2.24) is 5.32 Å². The van der Waals surface area contributed by atoms with E-state index >= 15 is 0 Å². The van der Waals surface area contributed by atoms with Gasteiger partial charge in [-0.2, -0.15) is 5.26 Å². The summed E-state index contributed by atoms with van der Waals surface area (Å²) in [5.41, 5.74) is 4.60. The number of nitrogens with one attached hydrogen (secondary N) is 1. The molecule has 0 aliphatic heterocycles. The Hall–Kier alpha value is -3.13. The molecule has 2 aromatic rings. The normalized spacial score (nSPS) is 13.8. The Morgan fingerprint density at radius 3 is 2.52 bits per heavy atom. The molecule has 0 aromatic heterocycles. The van der Waals surface area contributed by atoms with Gasteiger partial charge in [-0.3, -0.25) is 4.79 Å². The van der Waals surface area contributed by atoms with Crippen LogP contribution in [0.15, 0.2) is 42.5 Å². The van der Waals surface area contributed by atoms with Crippen molar-refractivity contribution in [1.29, 1.82) is 5.26 Å². The van der Waals surface area contributed by atoms with E-state index in [9.17, 15) is 9.59 Å². The van der Waals surface area contributed by atoms with Crippen molar-refractivity contribution in [3.05, 3.63) is 70.3 Å². The number of fused-ring (bicyclic) bond motifs is 1. The van der Waals surface area contributed by atoms with Crippen LogP contribution >= 0.6 is 0 Å². The van der Waals surface area contributed by atoms with Crippen molar-refractivity contribution in [3.63, 3.8) is 0 Å². The van der Waals surface area contributed by atoms with Gasteiger partial charge in [0.2, 0.25) is 0 Å². The number of carbonyl (C=O) groups excluding carboxylic acids is 2. The monoisotopic (exact) mass is 362 g/mol. The molecule has 5 nitrogen and oxygen atoms in total. The molecule has 1 aliphatic carbocycles. The Morgan fingerprint density at radius 1 is 1.11 bits per heavy atom. The summed E-state index contributed by atoms with van der Waals surface area (Å²) in [6.07, 6.45) is 4.67. The van der Waals surface area contributed by atoms with Crippen LogP contribution in [0.3, 0.4) is 0 Å². The summed E-state index contributed by atoms with van der Waals surface area (Å²) in [7, 11) is 0. The first-order chi connectivity index (χ1) is 13.1. The van der Waals surface area contributed by atoms with Crippen LogP contribution in [0.2, 0.25) is 0 Å². The average Bonchev–Trinajstić information content (AvgIpc) is 2.71. The molecule has 0 fully saturated rings. The Balaban J connectivity index is 1.52. The summed E-state index contributed by atoms with van der Waals surface area (Å²) in [6, 6.07) is 14.3. The number of carbonyl (C=O) groups is 2. The van der Waals surface area contributed by atoms with E-state index in [0.29, 0.717) is 11.1 Å². The molecule has 0 heterocycles. The third-order valence-electron chi connectivity index (χ3n) is 4.83. The highest BCUT2D eigenvalue weighted by Crippen LogP contribution is 2.24. The second-order valence-corrected chi connectivity index (χ2v) is 6.79. The highest BCUT2D eigenvalue weighted by atomic mass is 16.5. The lowest BCUT2D eigenvalue weighted by Gasteiger charge is -2.20. The largest absolute Gasteiger partial charge is 0.452 e. The highest BCUT2D eigenvalue weighted by molar-refractivity contribution is 5.91. The molecule has 1 atom stereocenters. The SMILES string of the molecule is C[C@H](NC(=O)COC(=O)c1ccc(C#N)cc1)c1ccc2c(c1)CCCC2. The van der Waals surface area contributed by atoms with Gasteiger partial charge in [-0.15, -0.1) is 0 Å². The van der Waals surface area contributed by atoms with Crippen LogP contribution in [0.5, 0.6) is 0 Å². The standard InChI is InChI=1S/C22H22N2O3/c1-15(19-11-10-17-4-2-3-5-20(17)12-19)24-21(25)14-27-22(26)18-8-6-16(13-23)7-9-18/h6-12,15H,2-5,14H2,1H3,(H,24,25)/t15-/m0/s1. The fourth-order valence-corrected chi connectivity index (χ4v) is 3.28. The molecule has 3 rings (SSSR count). The molecule has 0 spiro atoms. The van der Waals surface area contributed by atoms with Crippen molar-refractivity contribution < 1.29 is 14.3 Å². The zero-order valence-corrected chi connectivity index (χ0v) is 15.3. The van der Waals surface area contributed by atoms with Gasteiger partial charge in [0.15, 0.2) is 6.61 Å². The fourth-order valence-electron chi connectivity index (χ4n) is 3.28. The maximum atomic E-state index is 12.1. The minimum Gasteiger partial charge on any atom is -0.452 e. The number of amides is 1. The molecule has 0 saturated heterocycles. The molecule has 27 heavy (non-hydrogen) atoms. The molecule has 1 aliphatic rings. The molecule has 0 saturated carbocycles. The first-order valence-electron chi connectivity index (χ1n) is 9.15. The number of hydrogen-bond acceptors (Lipinski definition) is 4. The quantitative estimate of drug-likeness (QED) is 0.826. The Morgan fingerprint density at radius 2 is 1.81 bits per heavy atom. The van der Waals surface area contributed by atoms with Crippen molar-refractivity contribution in [2.24, 2.45) is 0 Å². The van der Waals surface area contributed by atoms with Gasteiger partial charge in [0, 0.05) is 0 Å². The van der Waals surface area contributed by atoms with Crippen LogP contribution in [-0.2, 0) is 22.4 Å². The van der Waals surface area contributed by atoms with Crippen LogP contribution < -0.4 is 5.32 Å². The number of nitrogens with zero attached hydrogens (tertiary/aromatic N) is 1. The van der Waals surface area contributed by atoms with Gasteiger partial charge in [0.25, 0.3) is 5.91 Å². The minimum atomic E-state index is -0.587. The zero-order chi connectivity index (χ0) is 19.2. The molecule has 2 aromatic carbocycles. The van der Waals surface area contributed by atoms with Crippen molar-refractivity contribution in [2.45, 2.75) is 38.6 Å². The summed E-state index contributed by atoms with van der Waals surface area (Å²) < 4.78 is 5.06. The topological polar surface area (TPSA) is 79.2 Å². The van der Waals surface area contributed by atoms with Gasteiger partial charge < -0.3 is 10.1 Å². The number of benzene rings is 2. The maximum Gasteiger partial charge on any atom is 0.338 e. The van der Waals surface area contributed by atoms with E-state index in [2.05, 4.69) is 23.5 Å². The summed E-state index contributed by atoms with van der Waals surface area (Å²) in [4.78, 5) is 24.1. The molecular formula is C22H22N2O3. The second kappa shape index (κ2) is 8.50. The number of rotatable bonds is 5. The van der Waals surface area contributed by atoms with E-state index < -0.39 is 5.97 Å². The van der Waals surface area contributed by atoms with E-state index in [1.165, 1.54) is 48.2 Å². The first kappa shape index (κ1) is 18.7. The van der Waals surface area contributed by atoms with Crippen LogP contribution in [-0.4, -0.2) is 18.5 Å².